The minimum atomic E-state index is -1.08. The van der Waals surface area contributed by atoms with Crippen LogP contribution in [0.4, 0.5) is 0 Å². The lowest BCUT2D eigenvalue weighted by Gasteiger charge is -2.05. The second kappa shape index (κ2) is 4.79. The van der Waals surface area contributed by atoms with Crippen LogP contribution in [0.2, 0.25) is 0 Å². The number of aromatic carboxylic acids is 1. The Labute approximate surface area is 110 Å². The van der Waals surface area contributed by atoms with Crippen molar-refractivity contribution in [3.8, 4) is 5.75 Å². The fourth-order valence-corrected chi connectivity index (χ4v) is 1.88. The lowest BCUT2D eigenvalue weighted by Crippen LogP contribution is -1.98. The molecule has 102 valence electrons. The number of carboxylic acids is 1. The third kappa shape index (κ3) is 2.47. The van der Waals surface area contributed by atoms with Crippen molar-refractivity contribution in [2.24, 2.45) is 7.05 Å². The van der Waals surface area contributed by atoms with Crippen LogP contribution in [0.1, 0.15) is 33.3 Å². The summed E-state index contributed by atoms with van der Waals surface area (Å²) in [7, 11) is 1.85. The van der Waals surface area contributed by atoms with Gasteiger partial charge in [-0.1, -0.05) is 0 Å². The number of furan rings is 1. The fraction of sp³-hybridized carbons (Fsp3) is 0.385. The van der Waals surface area contributed by atoms with Crippen molar-refractivity contribution < 1.29 is 19.1 Å². The van der Waals surface area contributed by atoms with Crippen molar-refractivity contribution in [3.05, 3.63) is 34.5 Å². The Morgan fingerprint density at radius 3 is 2.63 bits per heavy atom. The van der Waals surface area contributed by atoms with Crippen molar-refractivity contribution in [1.29, 1.82) is 0 Å². The molecule has 0 aliphatic rings. The van der Waals surface area contributed by atoms with Crippen LogP contribution in [0.15, 0.2) is 10.5 Å². The summed E-state index contributed by atoms with van der Waals surface area (Å²) in [6, 6.07) is 1.48. The number of ether oxygens (including phenoxy) is 1. The van der Waals surface area contributed by atoms with Gasteiger partial charge in [0.15, 0.2) is 5.75 Å². The van der Waals surface area contributed by atoms with Crippen LogP contribution < -0.4 is 4.74 Å². The normalized spacial score (nSPS) is 10.7. The predicted molar refractivity (Wildman–Crippen MR) is 67.4 cm³/mol. The fourth-order valence-electron chi connectivity index (χ4n) is 1.88. The first-order chi connectivity index (χ1) is 8.90. The highest BCUT2D eigenvalue weighted by atomic mass is 16.5. The van der Waals surface area contributed by atoms with E-state index in [0.29, 0.717) is 5.76 Å². The number of carboxylic acid groups (broad SMARTS) is 1. The first-order valence-electron chi connectivity index (χ1n) is 5.85. The van der Waals surface area contributed by atoms with Crippen LogP contribution >= 0.6 is 0 Å². The Balaban J connectivity index is 2.16. The smallest absolute Gasteiger partial charge is 0.371 e. The molecule has 19 heavy (non-hydrogen) atoms. The number of hydrogen-bond acceptors (Lipinski definition) is 4. The van der Waals surface area contributed by atoms with Gasteiger partial charge in [0.05, 0.1) is 5.69 Å². The van der Waals surface area contributed by atoms with Crippen LogP contribution in [0, 0.1) is 20.8 Å². The van der Waals surface area contributed by atoms with E-state index in [0.717, 1.165) is 22.7 Å². The van der Waals surface area contributed by atoms with E-state index in [1.165, 1.54) is 6.07 Å². The summed E-state index contributed by atoms with van der Waals surface area (Å²) in [5.74, 6) is 0.121. The van der Waals surface area contributed by atoms with E-state index in [2.05, 4.69) is 5.10 Å². The lowest BCUT2D eigenvalue weighted by molar-refractivity contribution is 0.0661. The van der Waals surface area contributed by atoms with E-state index in [4.69, 9.17) is 14.3 Å². The summed E-state index contributed by atoms with van der Waals surface area (Å²) in [4.78, 5) is 10.8. The van der Waals surface area contributed by atoms with Gasteiger partial charge in [-0.15, -0.1) is 0 Å². The summed E-state index contributed by atoms with van der Waals surface area (Å²) < 4.78 is 12.6. The quantitative estimate of drug-likeness (QED) is 0.916. The van der Waals surface area contributed by atoms with Crippen molar-refractivity contribution in [2.45, 2.75) is 27.4 Å². The van der Waals surface area contributed by atoms with E-state index in [1.54, 1.807) is 11.6 Å². The van der Waals surface area contributed by atoms with Gasteiger partial charge < -0.3 is 14.3 Å². The number of aromatic nitrogens is 2. The molecule has 0 aliphatic heterocycles. The molecule has 2 aromatic heterocycles. The zero-order chi connectivity index (χ0) is 14.2. The van der Waals surface area contributed by atoms with Gasteiger partial charge in [0.1, 0.15) is 18.1 Å². The largest absolute Gasteiger partial charge is 0.485 e. The maximum absolute atomic E-state index is 10.8. The third-order valence-corrected chi connectivity index (χ3v) is 3.05. The second-order valence-corrected chi connectivity index (χ2v) is 4.41. The van der Waals surface area contributed by atoms with Gasteiger partial charge in [0.25, 0.3) is 0 Å². The van der Waals surface area contributed by atoms with Crippen molar-refractivity contribution in [2.75, 3.05) is 0 Å². The minimum Gasteiger partial charge on any atom is -0.485 e. The molecule has 0 aliphatic carbocycles. The molecule has 0 radical (unpaired) electrons. The van der Waals surface area contributed by atoms with E-state index < -0.39 is 5.97 Å². The van der Waals surface area contributed by atoms with Crippen LogP contribution in [0.25, 0.3) is 0 Å². The Bertz CT molecular complexity index is 625. The summed E-state index contributed by atoms with van der Waals surface area (Å²) in [5, 5.41) is 13.1. The number of rotatable bonds is 4. The molecule has 0 bridgehead atoms. The second-order valence-electron chi connectivity index (χ2n) is 4.41. The maximum atomic E-state index is 10.8. The highest BCUT2D eigenvalue weighted by Crippen LogP contribution is 2.24. The zero-order valence-corrected chi connectivity index (χ0v) is 11.4. The van der Waals surface area contributed by atoms with E-state index >= 15 is 0 Å². The molecule has 2 heterocycles. The predicted octanol–water partition coefficient (Wildman–Crippen LogP) is 2.22. The highest BCUT2D eigenvalue weighted by Gasteiger charge is 2.15. The van der Waals surface area contributed by atoms with Gasteiger partial charge in [0, 0.05) is 12.6 Å². The number of aryl methyl sites for hydroxylation is 3. The van der Waals surface area contributed by atoms with Crippen molar-refractivity contribution in [1.82, 2.24) is 9.78 Å². The summed E-state index contributed by atoms with van der Waals surface area (Å²) in [6.45, 7) is 5.76. The Morgan fingerprint density at radius 1 is 1.47 bits per heavy atom. The SMILES string of the molecule is Cc1nn(C)c(C)c1OCc1cc(C(=O)O)oc1C. The van der Waals surface area contributed by atoms with Crippen molar-refractivity contribution in [3.63, 3.8) is 0 Å². The van der Waals surface area contributed by atoms with Gasteiger partial charge in [-0.25, -0.2) is 4.79 Å². The average Bonchev–Trinajstić information content (AvgIpc) is 2.80. The summed E-state index contributed by atoms with van der Waals surface area (Å²) in [6.07, 6.45) is 0. The monoisotopic (exact) mass is 264 g/mol. The topological polar surface area (TPSA) is 77.5 Å². The standard InChI is InChI=1S/C13H16N2O4/c1-7-12(8(2)15(4)14-7)18-6-10-5-11(13(16)17)19-9(10)3/h5H,6H2,1-4H3,(H,16,17). The maximum Gasteiger partial charge on any atom is 0.371 e. The molecule has 2 aromatic rings. The molecule has 0 atom stereocenters. The molecular weight excluding hydrogens is 248 g/mol. The molecule has 0 spiro atoms. The lowest BCUT2D eigenvalue weighted by atomic mass is 10.2. The highest BCUT2D eigenvalue weighted by molar-refractivity contribution is 5.84. The van der Waals surface area contributed by atoms with Crippen LogP contribution in [-0.4, -0.2) is 20.9 Å². The van der Waals surface area contributed by atoms with Gasteiger partial charge in [-0.05, 0) is 26.8 Å². The van der Waals surface area contributed by atoms with Crippen molar-refractivity contribution >= 4 is 5.97 Å². The van der Waals surface area contributed by atoms with Gasteiger partial charge in [-0.3, -0.25) is 4.68 Å². The molecule has 6 nitrogen and oxygen atoms in total. The first-order valence-corrected chi connectivity index (χ1v) is 5.85. The average molecular weight is 264 g/mol. The molecule has 0 saturated carbocycles. The molecule has 0 aromatic carbocycles. The van der Waals surface area contributed by atoms with E-state index in [-0.39, 0.29) is 12.4 Å². The number of hydrogen-bond donors (Lipinski definition) is 1. The zero-order valence-electron chi connectivity index (χ0n) is 11.4. The number of nitrogens with zero attached hydrogens (tertiary/aromatic N) is 2. The Kier molecular flexibility index (Phi) is 3.33. The van der Waals surface area contributed by atoms with Crippen LogP contribution in [0.3, 0.4) is 0 Å². The molecular formula is C13H16N2O4. The summed E-state index contributed by atoms with van der Waals surface area (Å²) >= 11 is 0. The molecule has 0 saturated heterocycles. The molecule has 6 heteroatoms. The molecule has 0 fully saturated rings. The van der Waals surface area contributed by atoms with Crippen LogP contribution in [0.5, 0.6) is 5.75 Å². The minimum absolute atomic E-state index is 0.0734. The molecule has 2 rings (SSSR count). The van der Waals surface area contributed by atoms with Gasteiger partial charge >= 0.3 is 5.97 Å². The first kappa shape index (κ1) is 13.2. The molecule has 1 N–H and O–H groups in total. The van der Waals surface area contributed by atoms with E-state index in [1.807, 2.05) is 20.9 Å². The summed E-state index contributed by atoms with van der Waals surface area (Å²) in [5.41, 5.74) is 2.46. The third-order valence-electron chi connectivity index (χ3n) is 3.05. The Hall–Kier alpha value is -2.24. The molecule has 0 amide bonds. The van der Waals surface area contributed by atoms with E-state index in [9.17, 15) is 4.79 Å². The van der Waals surface area contributed by atoms with Gasteiger partial charge in [-0.2, -0.15) is 5.10 Å². The van der Waals surface area contributed by atoms with Crippen LogP contribution in [-0.2, 0) is 13.7 Å². The van der Waals surface area contributed by atoms with Gasteiger partial charge in [0.2, 0.25) is 5.76 Å². The molecule has 0 unspecified atom stereocenters. The Morgan fingerprint density at radius 2 is 2.16 bits per heavy atom. The number of carbonyl (C=O) groups is 1.